The molecule has 0 bridgehead atoms. The van der Waals surface area contributed by atoms with Crippen molar-refractivity contribution in [3.8, 4) is 0 Å². The van der Waals surface area contributed by atoms with Crippen LogP contribution in [0.3, 0.4) is 0 Å². The van der Waals surface area contributed by atoms with E-state index >= 15 is 0 Å². The van der Waals surface area contributed by atoms with Crippen LogP contribution in [-0.2, 0) is 9.53 Å². The van der Waals surface area contributed by atoms with E-state index in [1.165, 1.54) is 12.8 Å². The summed E-state index contributed by atoms with van der Waals surface area (Å²) in [5.41, 5.74) is 0. The van der Waals surface area contributed by atoms with Crippen LogP contribution in [0.5, 0.6) is 0 Å². The number of esters is 1. The van der Waals surface area contributed by atoms with Crippen molar-refractivity contribution in [3.63, 3.8) is 0 Å². The number of cyclic esters (lactones) is 1. The van der Waals surface area contributed by atoms with Crippen LogP contribution in [0.2, 0.25) is 0 Å². The molecule has 0 saturated carbocycles. The van der Waals surface area contributed by atoms with Gasteiger partial charge in [-0.05, 0) is 18.9 Å². The molecule has 13 heavy (non-hydrogen) atoms. The topological polar surface area (TPSA) is 26.3 Å². The molecule has 0 amide bonds. The van der Waals surface area contributed by atoms with Gasteiger partial charge in [-0.2, -0.15) is 0 Å². The summed E-state index contributed by atoms with van der Waals surface area (Å²) in [6.45, 7) is 6.13. The van der Waals surface area contributed by atoms with Crippen LogP contribution in [0.4, 0.5) is 0 Å². The lowest BCUT2D eigenvalue weighted by Gasteiger charge is -2.03. The highest BCUT2D eigenvalue weighted by Crippen LogP contribution is 2.30. The molecule has 1 rings (SSSR count). The molecule has 2 unspecified atom stereocenters. The Hall–Kier alpha value is -0.790. The molecule has 1 fully saturated rings. The van der Waals surface area contributed by atoms with Crippen LogP contribution in [0.25, 0.3) is 0 Å². The van der Waals surface area contributed by atoms with Gasteiger partial charge in [0.1, 0.15) is 5.76 Å². The fourth-order valence-electron chi connectivity index (χ4n) is 1.43. The van der Waals surface area contributed by atoms with Gasteiger partial charge in [0.2, 0.25) is 0 Å². The molecule has 2 nitrogen and oxygen atoms in total. The minimum Gasteiger partial charge on any atom is -0.431 e. The quantitative estimate of drug-likeness (QED) is 0.495. The molecule has 0 aliphatic carbocycles. The molecule has 0 aromatic carbocycles. The van der Waals surface area contributed by atoms with Crippen LogP contribution < -0.4 is 0 Å². The number of rotatable bonds is 3. The summed E-state index contributed by atoms with van der Waals surface area (Å²) >= 11 is 0. The molecule has 0 aromatic heterocycles. The summed E-state index contributed by atoms with van der Waals surface area (Å²) in [6.07, 6.45) is 5.44. The Bertz CT molecular complexity index is 218. The number of carbonyl (C=O) groups is 1. The van der Waals surface area contributed by atoms with Crippen LogP contribution in [0, 0.1) is 11.8 Å². The number of hydrogen-bond acceptors (Lipinski definition) is 2. The van der Waals surface area contributed by atoms with Gasteiger partial charge in [0.15, 0.2) is 0 Å². The molecule has 1 aliphatic heterocycles. The van der Waals surface area contributed by atoms with Crippen molar-refractivity contribution in [2.75, 3.05) is 0 Å². The van der Waals surface area contributed by atoms with E-state index in [0.717, 1.165) is 12.2 Å². The number of allylic oxidation sites excluding steroid dienone is 2. The van der Waals surface area contributed by atoms with Crippen LogP contribution in [0.15, 0.2) is 11.8 Å². The summed E-state index contributed by atoms with van der Waals surface area (Å²) in [4.78, 5) is 11.2. The van der Waals surface area contributed by atoms with Crippen molar-refractivity contribution >= 4 is 5.97 Å². The summed E-state index contributed by atoms with van der Waals surface area (Å²) in [7, 11) is 0. The van der Waals surface area contributed by atoms with Gasteiger partial charge in [0.05, 0.1) is 5.92 Å². The van der Waals surface area contributed by atoms with Gasteiger partial charge in [0, 0.05) is 5.92 Å². The monoisotopic (exact) mass is 182 g/mol. The zero-order valence-electron chi connectivity index (χ0n) is 8.67. The zero-order valence-corrected chi connectivity index (χ0v) is 8.67. The zero-order chi connectivity index (χ0) is 9.84. The predicted octanol–water partition coefficient (Wildman–Crippen LogP) is 2.89. The van der Waals surface area contributed by atoms with E-state index in [1.807, 2.05) is 13.8 Å². The molecule has 0 spiro atoms. The second-order valence-corrected chi connectivity index (χ2v) is 3.75. The first-order chi connectivity index (χ1) is 6.16. The van der Waals surface area contributed by atoms with Gasteiger partial charge in [-0.15, -0.1) is 0 Å². The smallest absolute Gasteiger partial charge is 0.314 e. The van der Waals surface area contributed by atoms with E-state index in [2.05, 4.69) is 13.0 Å². The summed E-state index contributed by atoms with van der Waals surface area (Å²) < 4.78 is 5.15. The number of carbonyl (C=O) groups excluding carboxylic acids is 1. The molecule has 74 valence electrons. The van der Waals surface area contributed by atoms with Gasteiger partial charge in [-0.1, -0.05) is 27.2 Å². The number of hydrogen-bond donors (Lipinski definition) is 0. The van der Waals surface area contributed by atoms with E-state index < -0.39 is 0 Å². The minimum absolute atomic E-state index is 0.0351. The Labute approximate surface area is 80.0 Å². The fourth-order valence-corrected chi connectivity index (χ4v) is 1.43. The lowest BCUT2D eigenvalue weighted by atomic mass is 9.97. The van der Waals surface area contributed by atoms with Gasteiger partial charge in [0.25, 0.3) is 0 Å². The molecule has 1 heterocycles. The van der Waals surface area contributed by atoms with Crippen molar-refractivity contribution in [3.05, 3.63) is 11.8 Å². The maximum atomic E-state index is 11.2. The molecule has 1 aliphatic rings. The second-order valence-electron chi connectivity index (χ2n) is 3.75. The highest BCUT2D eigenvalue weighted by atomic mass is 16.5. The number of unbranched alkanes of at least 4 members (excludes halogenated alkanes) is 2. The molecular formula is C11H18O2. The molecule has 2 atom stereocenters. The van der Waals surface area contributed by atoms with Crippen molar-refractivity contribution in [2.45, 2.75) is 40.0 Å². The SMILES string of the molecule is CCCC/C=C1/OC(=O)C(C)C1C. The van der Waals surface area contributed by atoms with Crippen molar-refractivity contribution in [2.24, 2.45) is 11.8 Å². The summed E-state index contributed by atoms with van der Waals surface area (Å²) in [5.74, 6) is 1.11. The van der Waals surface area contributed by atoms with Gasteiger partial charge in [-0.3, -0.25) is 4.79 Å². The normalized spacial score (nSPS) is 31.0. The van der Waals surface area contributed by atoms with Crippen molar-refractivity contribution < 1.29 is 9.53 Å². The first kappa shape index (κ1) is 10.3. The second kappa shape index (κ2) is 4.45. The lowest BCUT2D eigenvalue weighted by Crippen LogP contribution is -2.07. The molecule has 0 radical (unpaired) electrons. The average molecular weight is 182 g/mol. The molecule has 1 saturated heterocycles. The summed E-state index contributed by atoms with van der Waals surface area (Å²) in [5, 5.41) is 0. The fraction of sp³-hybridized carbons (Fsp3) is 0.727. The Morgan fingerprint density at radius 3 is 2.54 bits per heavy atom. The van der Waals surface area contributed by atoms with Crippen LogP contribution >= 0.6 is 0 Å². The lowest BCUT2D eigenvalue weighted by molar-refractivity contribution is -0.138. The first-order valence-electron chi connectivity index (χ1n) is 5.08. The van der Waals surface area contributed by atoms with Gasteiger partial charge < -0.3 is 4.74 Å². The average Bonchev–Trinajstić information content (AvgIpc) is 2.34. The Morgan fingerprint density at radius 1 is 1.38 bits per heavy atom. The molecule has 0 N–H and O–H groups in total. The summed E-state index contributed by atoms with van der Waals surface area (Å²) in [6, 6.07) is 0. The highest BCUT2D eigenvalue weighted by molar-refractivity contribution is 5.76. The van der Waals surface area contributed by atoms with E-state index in [1.54, 1.807) is 0 Å². The maximum Gasteiger partial charge on any atom is 0.314 e. The van der Waals surface area contributed by atoms with E-state index in [0.29, 0.717) is 0 Å². The Morgan fingerprint density at radius 2 is 2.08 bits per heavy atom. The molecular weight excluding hydrogens is 164 g/mol. The third kappa shape index (κ3) is 2.33. The van der Waals surface area contributed by atoms with E-state index in [4.69, 9.17) is 4.74 Å². The molecule has 2 heteroatoms. The highest BCUT2D eigenvalue weighted by Gasteiger charge is 2.33. The van der Waals surface area contributed by atoms with Crippen LogP contribution in [0.1, 0.15) is 40.0 Å². The van der Waals surface area contributed by atoms with Gasteiger partial charge >= 0.3 is 5.97 Å². The third-order valence-electron chi connectivity index (χ3n) is 2.69. The van der Waals surface area contributed by atoms with E-state index in [-0.39, 0.29) is 17.8 Å². The first-order valence-corrected chi connectivity index (χ1v) is 5.08. The Balaban J connectivity index is 2.52. The van der Waals surface area contributed by atoms with Crippen molar-refractivity contribution in [1.29, 1.82) is 0 Å². The third-order valence-corrected chi connectivity index (χ3v) is 2.69. The van der Waals surface area contributed by atoms with E-state index in [9.17, 15) is 4.79 Å². The Kier molecular flexibility index (Phi) is 3.52. The molecule has 0 aromatic rings. The predicted molar refractivity (Wildman–Crippen MR) is 52.0 cm³/mol. The van der Waals surface area contributed by atoms with Crippen LogP contribution in [-0.4, -0.2) is 5.97 Å². The van der Waals surface area contributed by atoms with Crippen molar-refractivity contribution in [1.82, 2.24) is 0 Å². The minimum atomic E-state index is -0.0738. The standard InChI is InChI=1S/C11H18O2/c1-4-5-6-7-10-8(2)9(3)11(12)13-10/h7-9H,4-6H2,1-3H3/b10-7+. The number of ether oxygens (including phenoxy) is 1. The maximum absolute atomic E-state index is 11.2. The van der Waals surface area contributed by atoms with Gasteiger partial charge in [-0.25, -0.2) is 0 Å². The largest absolute Gasteiger partial charge is 0.431 e.